The molecule has 0 radical (unpaired) electrons. The molecule has 152 valence electrons. The van der Waals surface area contributed by atoms with Gasteiger partial charge in [-0.25, -0.2) is 0 Å². The summed E-state index contributed by atoms with van der Waals surface area (Å²) in [5.41, 5.74) is 3.36. The van der Waals surface area contributed by atoms with Crippen LogP contribution in [0.5, 0.6) is 17.2 Å². The van der Waals surface area contributed by atoms with E-state index in [1.54, 1.807) is 21.3 Å². The lowest BCUT2D eigenvalue weighted by atomic mass is 10.0. The molecule has 0 amide bonds. The third-order valence-corrected chi connectivity index (χ3v) is 4.42. The maximum Gasteiger partial charge on any atom is 0.191 e. The van der Waals surface area contributed by atoms with E-state index >= 15 is 0 Å². The number of hydrogen-bond donors (Lipinski definition) is 2. The summed E-state index contributed by atoms with van der Waals surface area (Å²) >= 11 is 0. The molecule has 1 unspecified atom stereocenters. The third-order valence-electron chi connectivity index (χ3n) is 4.42. The Morgan fingerprint density at radius 1 is 1.04 bits per heavy atom. The van der Waals surface area contributed by atoms with Crippen LogP contribution in [-0.2, 0) is 6.54 Å². The highest BCUT2D eigenvalue weighted by atomic mass is 16.5. The summed E-state index contributed by atoms with van der Waals surface area (Å²) in [6.45, 7) is 7.32. The average Bonchev–Trinajstić information content (AvgIpc) is 2.71. The first-order chi connectivity index (χ1) is 13.5. The van der Waals surface area contributed by atoms with Gasteiger partial charge in [-0.05, 0) is 44.5 Å². The minimum absolute atomic E-state index is 0.0379. The average molecular weight is 386 g/mol. The molecule has 1 atom stereocenters. The standard InChI is InChI=1S/C22H31N3O3/c1-7-28-21-13-17(9-11-20(21)27-6)14-24-22(23-4)25-16(3)18-12-15(2)8-10-19(18)26-5/h8-13,16H,7,14H2,1-6H3,(H2,23,24,25). The number of rotatable bonds is 8. The van der Waals surface area contributed by atoms with Crippen LogP contribution >= 0.6 is 0 Å². The third kappa shape index (κ3) is 5.55. The van der Waals surface area contributed by atoms with Crippen LogP contribution in [0.3, 0.4) is 0 Å². The summed E-state index contributed by atoms with van der Waals surface area (Å²) in [6.07, 6.45) is 0. The minimum atomic E-state index is 0.0379. The smallest absolute Gasteiger partial charge is 0.191 e. The quantitative estimate of drug-likeness (QED) is 0.534. The largest absolute Gasteiger partial charge is 0.496 e. The molecular weight excluding hydrogens is 354 g/mol. The number of benzene rings is 2. The highest BCUT2D eigenvalue weighted by Crippen LogP contribution is 2.28. The lowest BCUT2D eigenvalue weighted by Crippen LogP contribution is -2.38. The maximum absolute atomic E-state index is 5.65. The van der Waals surface area contributed by atoms with Crippen molar-refractivity contribution < 1.29 is 14.2 Å². The molecule has 0 aliphatic carbocycles. The van der Waals surface area contributed by atoms with Crippen LogP contribution in [0.4, 0.5) is 0 Å². The van der Waals surface area contributed by atoms with E-state index in [1.165, 1.54) is 5.56 Å². The summed E-state index contributed by atoms with van der Waals surface area (Å²) in [5.74, 6) is 3.04. The number of nitrogens with zero attached hydrogens (tertiary/aromatic N) is 1. The maximum atomic E-state index is 5.65. The second-order valence-corrected chi connectivity index (χ2v) is 6.46. The van der Waals surface area contributed by atoms with Gasteiger partial charge in [0.15, 0.2) is 17.5 Å². The van der Waals surface area contributed by atoms with Gasteiger partial charge in [-0.2, -0.15) is 0 Å². The minimum Gasteiger partial charge on any atom is -0.496 e. The molecular formula is C22H31N3O3. The zero-order chi connectivity index (χ0) is 20.5. The highest BCUT2D eigenvalue weighted by molar-refractivity contribution is 5.80. The number of aliphatic imine (C=N–C) groups is 1. The van der Waals surface area contributed by atoms with E-state index in [-0.39, 0.29) is 6.04 Å². The monoisotopic (exact) mass is 385 g/mol. The van der Waals surface area contributed by atoms with Crippen molar-refractivity contribution >= 4 is 5.96 Å². The fourth-order valence-corrected chi connectivity index (χ4v) is 2.95. The fourth-order valence-electron chi connectivity index (χ4n) is 2.95. The van der Waals surface area contributed by atoms with Crippen LogP contribution in [0.15, 0.2) is 41.4 Å². The van der Waals surface area contributed by atoms with Gasteiger partial charge in [0.25, 0.3) is 0 Å². The van der Waals surface area contributed by atoms with Gasteiger partial charge in [-0.3, -0.25) is 4.99 Å². The molecule has 2 rings (SSSR count). The first kappa shape index (κ1) is 21.4. The van der Waals surface area contributed by atoms with Crippen molar-refractivity contribution in [3.63, 3.8) is 0 Å². The van der Waals surface area contributed by atoms with Crippen molar-refractivity contribution in [2.75, 3.05) is 27.9 Å². The summed E-state index contributed by atoms with van der Waals surface area (Å²) in [5, 5.41) is 6.77. The highest BCUT2D eigenvalue weighted by Gasteiger charge is 2.13. The number of guanidine groups is 1. The number of aryl methyl sites for hydroxylation is 1. The molecule has 0 aliphatic rings. The molecule has 0 heterocycles. The molecule has 0 saturated heterocycles. The summed E-state index contributed by atoms with van der Waals surface area (Å²) in [7, 11) is 5.09. The lowest BCUT2D eigenvalue weighted by Gasteiger charge is -2.21. The number of methoxy groups -OCH3 is 2. The van der Waals surface area contributed by atoms with Crippen LogP contribution in [0, 0.1) is 6.92 Å². The van der Waals surface area contributed by atoms with Gasteiger partial charge in [0, 0.05) is 19.2 Å². The van der Waals surface area contributed by atoms with Crippen molar-refractivity contribution in [2.45, 2.75) is 33.4 Å². The van der Waals surface area contributed by atoms with E-state index in [2.05, 4.69) is 35.5 Å². The van der Waals surface area contributed by atoms with Gasteiger partial charge in [0.1, 0.15) is 5.75 Å². The van der Waals surface area contributed by atoms with Crippen molar-refractivity contribution in [2.24, 2.45) is 4.99 Å². The van der Waals surface area contributed by atoms with E-state index in [0.29, 0.717) is 19.1 Å². The number of nitrogens with one attached hydrogen (secondary N) is 2. The Bertz CT molecular complexity index is 806. The van der Waals surface area contributed by atoms with Crippen molar-refractivity contribution in [1.82, 2.24) is 10.6 Å². The van der Waals surface area contributed by atoms with Crippen molar-refractivity contribution in [1.29, 1.82) is 0 Å². The predicted molar refractivity (Wildman–Crippen MR) is 114 cm³/mol. The van der Waals surface area contributed by atoms with Crippen LogP contribution < -0.4 is 24.8 Å². The van der Waals surface area contributed by atoms with Gasteiger partial charge in [-0.15, -0.1) is 0 Å². The molecule has 2 aromatic rings. The summed E-state index contributed by atoms with van der Waals surface area (Å²) < 4.78 is 16.5. The Balaban J connectivity index is 2.05. The Morgan fingerprint density at radius 3 is 2.39 bits per heavy atom. The molecule has 0 aliphatic heterocycles. The fraction of sp³-hybridized carbons (Fsp3) is 0.409. The molecule has 0 aromatic heterocycles. The Morgan fingerprint density at radius 2 is 1.75 bits per heavy atom. The molecule has 6 heteroatoms. The normalized spacial score (nSPS) is 12.3. The van der Waals surface area contributed by atoms with Gasteiger partial charge < -0.3 is 24.8 Å². The Kier molecular flexibility index (Phi) is 7.99. The van der Waals surface area contributed by atoms with Crippen LogP contribution in [0.2, 0.25) is 0 Å². The molecule has 2 aromatic carbocycles. The lowest BCUT2D eigenvalue weighted by molar-refractivity contribution is 0.310. The van der Waals surface area contributed by atoms with Crippen molar-refractivity contribution in [3.05, 3.63) is 53.1 Å². The van der Waals surface area contributed by atoms with Crippen LogP contribution in [-0.4, -0.2) is 33.8 Å². The number of ether oxygens (including phenoxy) is 3. The van der Waals surface area contributed by atoms with Gasteiger partial charge in [0.05, 0.1) is 26.9 Å². The number of hydrogen-bond acceptors (Lipinski definition) is 4. The Hall–Kier alpha value is -2.89. The molecule has 0 saturated carbocycles. The second-order valence-electron chi connectivity index (χ2n) is 6.46. The van der Waals surface area contributed by atoms with E-state index in [0.717, 1.165) is 28.4 Å². The summed E-state index contributed by atoms with van der Waals surface area (Å²) in [6, 6.07) is 12.1. The zero-order valence-corrected chi connectivity index (χ0v) is 17.6. The molecule has 0 spiro atoms. The molecule has 0 bridgehead atoms. The first-order valence-electron chi connectivity index (χ1n) is 9.43. The molecule has 6 nitrogen and oxygen atoms in total. The second kappa shape index (κ2) is 10.4. The first-order valence-corrected chi connectivity index (χ1v) is 9.43. The van der Waals surface area contributed by atoms with Gasteiger partial charge in [0.2, 0.25) is 0 Å². The van der Waals surface area contributed by atoms with Gasteiger partial charge in [-0.1, -0.05) is 23.8 Å². The molecule has 2 N–H and O–H groups in total. The zero-order valence-electron chi connectivity index (χ0n) is 17.6. The Labute approximate surface area is 167 Å². The molecule has 28 heavy (non-hydrogen) atoms. The molecule has 0 fully saturated rings. The van der Waals surface area contributed by atoms with E-state index < -0.39 is 0 Å². The van der Waals surface area contributed by atoms with Crippen molar-refractivity contribution in [3.8, 4) is 17.2 Å². The van der Waals surface area contributed by atoms with E-state index in [9.17, 15) is 0 Å². The topological polar surface area (TPSA) is 64.1 Å². The van der Waals surface area contributed by atoms with Crippen LogP contribution in [0.1, 0.15) is 36.6 Å². The van der Waals surface area contributed by atoms with Gasteiger partial charge >= 0.3 is 0 Å². The summed E-state index contributed by atoms with van der Waals surface area (Å²) in [4.78, 5) is 4.34. The SMILES string of the molecule is CCOc1cc(CNC(=NC)NC(C)c2cc(C)ccc2OC)ccc1OC. The van der Waals surface area contributed by atoms with Crippen LogP contribution in [0.25, 0.3) is 0 Å². The predicted octanol–water partition coefficient (Wildman–Crippen LogP) is 3.84. The van der Waals surface area contributed by atoms with E-state index in [1.807, 2.05) is 37.3 Å². The van der Waals surface area contributed by atoms with E-state index in [4.69, 9.17) is 14.2 Å².